The number of benzene rings is 1. The van der Waals surface area contributed by atoms with Crippen molar-refractivity contribution in [2.24, 2.45) is 0 Å². The average Bonchev–Trinajstić information content (AvgIpc) is 3.00. The van der Waals surface area contributed by atoms with Crippen LogP contribution in [0.3, 0.4) is 0 Å². The molecule has 0 saturated heterocycles. The summed E-state index contributed by atoms with van der Waals surface area (Å²) in [6.07, 6.45) is 4.98. The van der Waals surface area contributed by atoms with E-state index in [1.807, 2.05) is 20.8 Å². The van der Waals surface area contributed by atoms with Gasteiger partial charge in [-0.3, -0.25) is 14.9 Å². The highest BCUT2D eigenvalue weighted by molar-refractivity contribution is 5.70. The fourth-order valence-electron chi connectivity index (χ4n) is 3.55. The predicted octanol–water partition coefficient (Wildman–Crippen LogP) is 6.99. The van der Waals surface area contributed by atoms with Crippen molar-refractivity contribution >= 4 is 11.7 Å². The van der Waals surface area contributed by atoms with Crippen LogP contribution in [0.2, 0.25) is 0 Å². The Balaban J connectivity index is 0.00000393. The number of nitro benzene ring substituents is 1. The molecule has 0 radical (unpaired) electrons. The van der Waals surface area contributed by atoms with Gasteiger partial charge in [0.1, 0.15) is 6.10 Å². The lowest BCUT2D eigenvalue weighted by Gasteiger charge is -2.25. The van der Waals surface area contributed by atoms with Gasteiger partial charge < -0.3 is 18.9 Å². The molecule has 0 aromatic heterocycles. The Morgan fingerprint density at radius 1 is 0.833 bits per heavy atom. The van der Waals surface area contributed by atoms with Crippen molar-refractivity contribution in [3.63, 3.8) is 0 Å². The second-order valence-electron chi connectivity index (χ2n) is 9.67. The molecule has 244 valence electrons. The Labute approximate surface area is 253 Å². The zero-order chi connectivity index (χ0) is 31.4. The monoisotopic (exact) mass is 600 g/mol. The summed E-state index contributed by atoms with van der Waals surface area (Å²) in [6.45, 7) is 16.3. The van der Waals surface area contributed by atoms with E-state index in [1.54, 1.807) is 23.3 Å². The maximum Gasteiger partial charge on any atom is 0.308 e. The molecule has 1 aromatic rings. The van der Waals surface area contributed by atoms with Crippen LogP contribution < -0.4 is 0 Å². The van der Waals surface area contributed by atoms with Crippen molar-refractivity contribution in [2.45, 2.75) is 105 Å². The van der Waals surface area contributed by atoms with E-state index < -0.39 is 23.1 Å². The molecule has 1 rings (SSSR count). The van der Waals surface area contributed by atoms with E-state index in [9.17, 15) is 14.9 Å². The van der Waals surface area contributed by atoms with Gasteiger partial charge in [-0.15, -0.1) is 4.99 Å². The summed E-state index contributed by atoms with van der Waals surface area (Å²) >= 11 is 0. The van der Waals surface area contributed by atoms with E-state index in [0.29, 0.717) is 58.1 Å². The summed E-state index contributed by atoms with van der Waals surface area (Å²) in [5.74, 6) is -0.513. The Morgan fingerprint density at radius 2 is 1.43 bits per heavy atom. The molecule has 0 amide bonds. The van der Waals surface area contributed by atoms with Crippen molar-refractivity contribution < 1.29 is 38.5 Å². The molecule has 11 heteroatoms. The lowest BCUT2D eigenvalue weighted by Crippen LogP contribution is -2.28. The van der Waals surface area contributed by atoms with Crippen LogP contribution in [0.5, 0.6) is 0 Å². The molecule has 2 unspecified atom stereocenters. The van der Waals surface area contributed by atoms with E-state index in [4.69, 9.17) is 28.8 Å². The number of nitrogens with zero attached hydrogens (tertiary/aromatic N) is 2. The van der Waals surface area contributed by atoms with Crippen LogP contribution in [-0.2, 0) is 33.6 Å². The standard InChI is InChI=1S/C27H46N2O9.C4H10/c1-5-9-12-23(37-38-28(7-3)8-4)22-26(24-13-10-11-14-25(24)29(31)32)36-27(30)15-17-34-19-21-35-20-18-33-16-6-2;1-3-4-2/h10-11,13-14,23,26H,5-9,12,15-22H2,1-4H3;3-4H2,1-2H3. The summed E-state index contributed by atoms with van der Waals surface area (Å²) in [5, 5.41) is 13.4. The molecule has 0 spiro atoms. The molecule has 11 nitrogen and oxygen atoms in total. The Hall–Kier alpha value is -2.15. The number of hydroxylamine groups is 2. The van der Waals surface area contributed by atoms with E-state index in [0.717, 1.165) is 19.3 Å². The molecule has 2 atom stereocenters. The number of carbonyl (C=O) groups excluding carboxylic acids is 1. The highest BCUT2D eigenvalue weighted by Gasteiger charge is 2.29. The molecule has 0 bridgehead atoms. The van der Waals surface area contributed by atoms with Crippen LogP contribution in [0.25, 0.3) is 0 Å². The third-order valence-electron chi connectivity index (χ3n) is 6.14. The molecule has 0 N–H and O–H groups in total. The Kier molecular flexibility index (Phi) is 26.3. The number of ether oxygens (including phenoxy) is 4. The van der Waals surface area contributed by atoms with Gasteiger partial charge in [0.05, 0.1) is 56.0 Å². The first-order valence-corrected chi connectivity index (χ1v) is 15.6. The van der Waals surface area contributed by atoms with Gasteiger partial charge in [0, 0.05) is 32.2 Å². The SMILES string of the molecule is CCCC.CCCCC(CC(OC(=O)CCOCCOCCOCCC)c1ccccc1[N+](=O)[O-])OON(CC)CC. The molecule has 42 heavy (non-hydrogen) atoms. The van der Waals surface area contributed by atoms with E-state index in [2.05, 4.69) is 20.8 Å². The van der Waals surface area contributed by atoms with Gasteiger partial charge in [-0.2, -0.15) is 5.06 Å². The lowest BCUT2D eigenvalue weighted by molar-refractivity contribution is -0.445. The third-order valence-corrected chi connectivity index (χ3v) is 6.14. The van der Waals surface area contributed by atoms with Gasteiger partial charge in [0.15, 0.2) is 0 Å². The van der Waals surface area contributed by atoms with Gasteiger partial charge in [0.25, 0.3) is 5.69 Å². The molecular formula is C31H56N2O9. The number of carbonyl (C=O) groups is 1. The Bertz CT molecular complexity index is 791. The number of nitro groups is 1. The van der Waals surface area contributed by atoms with Gasteiger partial charge in [-0.05, 0) is 32.8 Å². The second kappa shape index (κ2) is 27.7. The number of unbranched alkanes of at least 4 members (excludes halogenated alkanes) is 2. The molecule has 0 aliphatic rings. The fraction of sp³-hybridized carbons (Fsp3) is 0.774. The summed E-state index contributed by atoms with van der Waals surface area (Å²) in [7, 11) is 0. The van der Waals surface area contributed by atoms with Crippen molar-refractivity contribution in [3.8, 4) is 0 Å². The first-order chi connectivity index (χ1) is 20.4. The summed E-state index contributed by atoms with van der Waals surface area (Å²) in [6, 6.07) is 6.28. The largest absolute Gasteiger partial charge is 0.457 e. The predicted molar refractivity (Wildman–Crippen MR) is 163 cm³/mol. The minimum absolute atomic E-state index is 0.00712. The summed E-state index contributed by atoms with van der Waals surface area (Å²) in [4.78, 5) is 35.1. The van der Waals surface area contributed by atoms with Crippen LogP contribution in [0.1, 0.15) is 105 Å². The molecule has 0 fully saturated rings. The van der Waals surface area contributed by atoms with Gasteiger partial charge in [-0.25, -0.2) is 4.89 Å². The third kappa shape index (κ3) is 19.9. The van der Waals surface area contributed by atoms with Gasteiger partial charge in [-0.1, -0.05) is 65.5 Å². The van der Waals surface area contributed by atoms with Crippen LogP contribution in [0.4, 0.5) is 5.69 Å². The number of hydrogen-bond acceptors (Lipinski definition) is 10. The van der Waals surface area contributed by atoms with Crippen molar-refractivity contribution in [3.05, 3.63) is 39.9 Å². The van der Waals surface area contributed by atoms with Gasteiger partial charge >= 0.3 is 5.97 Å². The average molecular weight is 601 g/mol. The lowest BCUT2D eigenvalue weighted by atomic mass is 9.99. The van der Waals surface area contributed by atoms with Crippen molar-refractivity contribution in [1.29, 1.82) is 0 Å². The maximum atomic E-state index is 12.7. The number of para-hydroxylation sites is 1. The number of rotatable bonds is 25. The maximum absolute atomic E-state index is 12.7. The quantitative estimate of drug-likeness (QED) is 0.0382. The highest BCUT2D eigenvalue weighted by atomic mass is 17.3. The van der Waals surface area contributed by atoms with Crippen molar-refractivity contribution in [1.82, 2.24) is 5.06 Å². The topological polar surface area (TPSA) is 119 Å². The molecular weight excluding hydrogens is 544 g/mol. The molecule has 0 aliphatic heterocycles. The van der Waals surface area contributed by atoms with Crippen LogP contribution in [0.15, 0.2) is 24.3 Å². The fourth-order valence-corrected chi connectivity index (χ4v) is 3.55. The minimum atomic E-state index is -0.877. The van der Waals surface area contributed by atoms with Crippen LogP contribution >= 0.6 is 0 Å². The molecule has 1 aromatic carbocycles. The number of esters is 1. The smallest absolute Gasteiger partial charge is 0.308 e. The van der Waals surface area contributed by atoms with Crippen LogP contribution in [0, 0.1) is 10.1 Å². The Morgan fingerprint density at radius 3 is 1.98 bits per heavy atom. The second-order valence-corrected chi connectivity index (χ2v) is 9.67. The zero-order valence-electron chi connectivity index (χ0n) is 26.8. The first kappa shape index (κ1) is 39.8. The first-order valence-electron chi connectivity index (χ1n) is 15.6. The van der Waals surface area contributed by atoms with Crippen molar-refractivity contribution in [2.75, 3.05) is 52.7 Å². The zero-order valence-corrected chi connectivity index (χ0v) is 26.8. The minimum Gasteiger partial charge on any atom is -0.457 e. The summed E-state index contributed by atoms with van der Waals surface area (Å²) in [5.41, 5.74) is 0.207. The van der Waals surface area contributed by atoms with E-state index in [-0.39, 0.29) is 25.1 Å². The van der Waals surface area contributed by atoms with Crippen LogP contribution in [-0.4, -0.2) is 74.8 Å². The van der Waals surface area contributed by atoms with E-state index >= 15 is 0 Å². The molecule has 0 saturated carbocycles. The van der Waals surface area contributed by atoms with E-state index in [1.165, 1.54) is 18.9 Å². The highest BCUT2D eigenvalue weighted by Crippen LogP contribution is 2.33. The summed E-state index contributed by atoms with van der Waals surface area (Å²) < 4.78 is 22.0. The normalized spacial score (nSPS) is 12.5. The molecule has 0 heterocycles. The number of hydrogen-bond donors (Lipinski definition) is 0. The molecule has 0 aliphatic carbocycles. The van der Waals surface area contributed by atoms with Gasteiger partial charge in [0.2, 0.25) is 0 Å².